The van der Waals surface area contributed by atoms with E-state index in [-0.39, 0.29) is 11.8 Å². The number of fused-ring (bicyclic) bond motifs is 1. The van der Waals surface area contributed by atoms with Crippen LogP contribution in [0.25, 0.3) is 11.0 Å². The van der Waals surface area contributed by atoms with Gasteiger partial charge >= 0.3 is 5.97 Å². The molecule has 1 saturated heterocycles. The van der Waals surface area contributed by atoms with Gasteiger partial charge in [-0.2, -0.15) is 0 Å². The van der Waals surface area contributed by atoms with Crippen molar-refractivity contribution >= 4 is 34.3 Å². The SMILES string of the molecule is CCn1c(C(=O)OC)c(NC(=O)C2CCOC2)c2cc(NCc3cc(C)ccc3C)cnc21. The second-order valence-corrected chi connectivity index (χ2v) is 8.39. The van der Waals surface area contributed by atoms with Crippen molar-refractivity contribution in [3.8, 4) is 0 Å². The lowest BCUT2D eigenvalue weighted by molar-refractivity contribution is -0.119. The number of anilines is 2. The number of pyridine rings is 1. The fourth-order valence-corrected chi connectivity index (χ4v) is 4.22. The van der Waals surface area contributed by atoms with Crippen molar-refractivity contribution in [1.82, 2.24) is 9.55 Å². The summed E-state index contributed by atoms with van der Waals surface area (Å²) in [5, 5.41) is 7.09. The fourth-order valence-electron chi connectivity index (χ4n) is 4.22. The van der Waals surface area contributed by atoms with Crippen LogP contribution in [-0.2, 0) is 27.4 Å². The molecule has 8 heteroatoms. The van der Waals surface area contributed by atoms with Crippen molar-refractivity contribution < 1.29 is 19.1 Å². The molecule has 1 atom stereocenters. The molecule has 0 spiro atoms. The third-order valence-corrected chi connectivity index (χ3v) is 6.13. The van der Waals surface area contributed by atoms with Gasteiger partial charge in [-0.1, -0.05) is 23.8 Å². The molecular formula is C25H30N4O4. The summed E-state index contributed by atoms with van der Waals surface area (Å²) in [6, 6.07) is 8.29. The highest BCUT2D eigenvalue weighted by atomic mass is 16.5. The van der Waals surface area contributed by atoms with Gasteiger partial charge in [0.15, 0.2) is 5.69 Å². The van der Waals surface area contributed by atoms with E-state index in [1.54, 1.807) is 10.8 Å². The van der Waals surface area contributed by atoms with Crippen molar-refractivity contribution in [2.24, 2.45) is 5.92 Å². The van der Waals surface area contributed by atoms with Gasteiger partial charge in [-0.05, 0) is 44.4 Å². The molecule has 0 saturated carbocycles. The first kappa shape index (κ1) is 22.8. The standard InChI is InChI=1S/C25H30N4O4/c1-5-29-22(25(31)32-4)21(28-24(30)17-8-9-33-14-17)20-11-19(13-27-23(20)29)26-12-18-10-15(2)6-7-16(18)3/h6-7,10-11,13,17,26H,5,8-9,12,14H2,1-4H3,(H,28,30). The van der Waals surface area contributed by atoms with Gasteiger partial charge in [0.05, 0.1) is 37.2 Å². The maximum absolute atomic E-state index is 12.9. The van der Waals surface area contributed by atoms with Crippen molar-refractivity contribution in [3.05, 3.63) is 52.8 Å². The molecule has 0 bridgehead atoms. The van der Waals surface area contributed by atoms with Gasteiger partial charge < -0.3 is 24.7 Å². The van der Waals surface area contributed by atoms with Gasteiger partial charge in [-0.3, -0.25) is 4.79 Å². The van der Waals surface area contributed by atoms with Crippen molar-refractivity contribution in [1.29, 1.82) is 0 Å². The Morgan fingerprint density at radius 2 is 2.09 bits per heavy atom. The Morgan fingerprint density at radius 1 is 1.27 bits per heavy atom. The van der Waals surface area contributed by atoms with E-state index < -0.39 is 5.97 Å². The normalized spacial score (nSPS) is 15.6. The summed E-state index contributed by atoms with van der Waals surface area (Å²) in [5.74, 6) is -0.923. The topological polar surface area (TPSA) is 94.5 Å². The van der Waals surface area contributed by atoms with Crippen molar-refractivity contribution in [2.75, 3.05) is 31.0 Å². The summed E-state index contributed by atoms with van der Waals surface area (Å²) in [5.41, 5.74) is 5.75. The highest BCUT2D eigenvalue weighted by molar-refractivity contribution is 6.11. The molecule has 33 heavy (non-hydrogen) atoms. The number of nitrogens with one attached hydrogen (secondary N) is 2. The minimum absolute atomic E-state index is 0.165. The monoisotopic (exact) mass is 450 g/mol. The second kappa shape index (κ2) is 9.62. The molecule has 1 aromatic carbocycles. The number of aromatic nitrogens is 2. The molecule has 3 heterocycles. The highest BCUT2D eigenvalue weighted by Crippen LogP contribution is 2.33. The van der Waals surface area contributed by atoms with Gasteiger partial charge in [0.2, 0.25) is 5.91 Å². The van der Waals surface area contributed by atoms with Gasteiger partial charge in [0.25, 0.3) is 0 Å². The van der Waals surface area contributed by atoms with E-state index in [0.29, 0.717) is 55.1 Å². The Balaban J connectivity index is 1.72. The Kier molecular flexibility index (Phi) is 6.65. The van der Waals surface area contributed by atoms with Crippen LogP contribution in [-0.4, -0.2) is 41.8 Å². The molecule has 0 aliphatic carbocycles. The summed E-state index contributed by atoms with van der Waals surface area (Å²) in [6.07, 6.45) is 2.41. The van der Waals surface area contributed by atoms with Crippen molar-refractivity contribution in [3.63, 3.8) is 0 Å². The number of amides is 1. The lowest BCUT2D eigenvalue weighted by Gasteiger charge is -2.12. The molecule has 174 valence electrons. The third kappa shape index (κ3) is 4.57. The van der Waals surface area contributed by atoms with Crippen LogP contribution in [0.3, 0.4) is 0 Å². The average Bonchev–Trinajstić information content (AvgIpc) is 3.46. The molecule has 2 aromatic heterocycles. The molecule has 3 aromatic rings. The minimum Gasteiger partial charge on any atom is -0.464 e. The fraction of sp³-hybridized carbons (Fsp3) is 0.400. The summed E-state index contributed by atoms with van der Waals surface area (Å²) >= 11 is 0. The number of hydrogen-bond acceptors (Lipinski definition) is 6. The van der Waals surface area contributed by atoms with Crippen LogP contribution in [0, 0.1) is 19.8 Å². The van der Waals surface area contributed by atoms with Crippen LogP contribution in [0.15, 0.2) is 30.5 Å². The molecule has 1 amide bonds. The third-order valence-electron chi connectivity index (χ3n) is 6.13. The van der Waals surface area contributed by atoms with E-state index in [4.69, 9.17) is 9.47 Å². The zero-order valence-corrected chi connectivity index (χ0v) is 19.5. The molecule has 1 aliphatic heterocycles. The zero-order valence-electron chi connectivity index (χ0n) is 19.5. The van der Waals surface area contributed by atoms with E-state index in [1.165, 1.54) is 23.8 Å². The molecule has 2 N–H and O–H groups in total. The van der Waals surface area contributed by atoms with Crippen LogP contribution in [0.4, 0.5) is 11.4 Å². The predicted octanol–water partition coefficient (Wildman–Crippen LogP) is 4.05. The Morgan fingerprint density at radius 3 is 2.79 bits per heavy atom. The molecule has 0 radical (unpaired) electrons. The highest BCUT2D eigenvalue weighted by Gasteiger charge is 2.29. The second-order valence-electron chi connectivity index (χ2n) is 8.39. The first-order valence-electron chi connectivity index (χ1n) is 11.2. The Hall–Kier alpha value is -3.39. The number of benzene rings is 1. The number of nitrogens with zero attached hydrogens (tertiary/aromatic N) is 2. The number of esters is 1. The first-order chi connectivity index (χ1) is 15.9. The van der Waals surface area contributed by atoms with Gasteiger partial charge in [0.1, 0.15) is 5.65 Å². The number of ether oxygens (including phenoxy) is 2. The largest absolute Gasteiger partial charge is 0.464 e. The molecule has 1 unspecified atom stereocenters. The first-order valence-corrected chi connectivity index (χ1v) is 11.2. The molecule has 4 rings (SSSR count). The number of hydrogen-bond donors (Lipinski definition) is 2. The summed E-state index contributed by atoms with van der Waals surface area (Å²) in [6.45, 7) is 8.17. The van der Waals surface area contributed by atoms with E-state index in [9.17, 15) is 9.59 Å². The number of aryl methyl sites for hydroxylation is 3. The van der Waals surface area contributed by atoms with E-state index in [2.05, 4.69) is 47.7 Å². The van der Waals surface area contributed by atoms with Crippen LogP contribution in [0.5, 0.6) is 0 Å². The van der Waals surface area contributed by atoms with Crippen LogP contribution >= 0.6 is 0 Å². The molecular weight excluding hydrogens is 420 g/mol. The van der Waals surface area contributed by atoms with Gasteiger partial charge in [-0.15, -0.1) is 0 Å². The molecule has 8 nitrogen and oxygen atoms in total. The lowest BCUT2D eigenvalue weighted by Crippen LogP contribution is -2.24. The predicted molar refractivity (Wildman–Crippen MR) is 128 cm³/mol. The summed E-state index contributed by atoms with van der Waals surface area (Å²) in [4.78, 5) is 30.2. The average molecular weight is 451 g/mol. The summed E-state index contributed by atoms with van der Waals surface area (Å²) < 4.78 is 12.2. The van der Waals surface area contributed by atoms with Crippen LogP contribution in [0.1, 0.15) is 40.5 Å². The molecule has 1 fully saturated rings. The minimum atomic E-state index is -0.516. The van der Waals surface area contributed by atoms with Crippen LogP contribution < -0.4 is 10.6 Å². The zero-order chi connectivity index (χ0) is 23.5. The number of carbonyl (C=O) groups excluding carboxylic acids is 2. The quantitative estimate of drug-likeness (QED) is 0.528. The van der Waals surface area contributed by atoms with E-state index in [0.717, 1.165) is 5.69 Å². The van der Waals surface area contributed by atoms with E-state index >= 15 is 0 Å². The van der Waals surface area contributed by atoms with Crippen LogP contribution in [0.2, 0.25) is 0 Å². The smallest absolute Gasteiger partial charge is 0.356 e. The maximum Gasteiger partial charge on any atom is 0.356 e. The van der Waals surface area contributed by atoms with Gasteiger partial charge in [0, 0.05) is 25.1 Å². The van der Waals surface area contributed by atoms with E-state index in [1.807, 2.05) is 13.0 Å². The number of methoxy groups -OCH3 is 1. The maximum atomic E-state index is 12.9. The Bertz CT molecular complexity index is 1190. The summed E-state index contributed by atoms with van der Waals surface area (Å²) in [7, 11) is 1.33. The number of carbonyl (C=O) groups is 2. The van der Waals surface area contributed by atoms with Gasteiger partial charge in [-0.25, -0.2) is 9.78 Å². The van der Waals surface area contributed by atoms with Crippen molar-refractivity contribution in [2.45, 2.75) is 40.3 Å². The Labute approximate surface area is 193 Å². The number of rotatable bonds is 7. The molecule has 1 aliphatic rings. The lowest BCUT2D eigenvalue weighted by atomic mass is 10.1.